The molecule has 0 amide bonds. The molecule has 156 valence electrons. The zero-order valence-corrected chi connectivity index (χ0v) is 16.1. The minimum Gasteiger partial charge on any atom is -0.486 e. The quantitative estimate of drug-likeness (QED) is 0.834. The highest BCUT2D eigenvalue weighted by Gasteiger charge is 2.46. The summed E-state index contributed by atoms with van der Waals surface area (Å²) in [4.78, 5) is 13.7. The largest absolute Gasteiger partial charge is 0.486 e. The van der Waals surface area contributed by atoms with E-state index in [0.717, 1.165) is 29.0 Å². The summed E-state index contributed by atoms with van der Waals surface area (Å²) in [6, 6.07) is 2.20. The van der Waals surface area contributed by atoms with Crippen LogP contribution in [0.2, 0.25) is 0 Å². The molecule has 0 radical (unpaired) electrons. The van der Waals surface area contributed by atoms with Gasteiger partial charge in [-0.3, -0.25) is 4.98 Å². The van der Waals surface area contributed by atoms with Gasteiger partial charge in [0.2, 0.25) is 5.95 Å². The van der Waals surface area contributed by atoms with Gasteiger partial charge in [-0.25, -0.2) is 4.98 Å². The van der Waals surface area contributed by atoms with E-state index in [0.29, 0.717) is 6.61 Å². The molecule has 0 aromatic carbocycles. The molecule has 4 rings (SSSR count). The number of rotatable bonds is 3. The van der Waals surface area contributed by atoms with Crippen molar-refractivity contribution < 1.29 is 22.6 Å². The molecule has 0 saturated carbocycles. The summed E-state index contributed by atoms with van der Waals surface area (Å²) < 4.78 is 50.7. The third-order valence-corrected chi connectivity index (χ3v) is 5.21. The Kier molecular flexibility index (Phi) is 5.20. The summed E-state index contributed by atoms with van der Waals surface area (Å²) in [7, 11) is 1.36. The van der Waals surface area contributed by atoms with Gasteiger partial charge < -0.3 is 19.7 Å². The Hall–Kier alpha value is -2.62. The number of nitrogens with zero attached hydrogens (tertiary/aromatic N) is 4. The monoisotopic (exact) mass is 409 g/mol. The summed E-state index contributed by atoms with van der Waals surface area (Å²) in [5.41, 5.74) is 2.04. The number of ether oxygens (including phenoxy) is 2. The summed E-state index contributed by atoms with van der Waals surface area (Å²) in [5.74, 6) is 0.623. The Morgan fingerprint density at radius 2 is 2.03 bits per heavy atom. The van der Waals surface area contributed by atoms with E-state index in [1.165, 1.54) is 13.2 Å². The van der Waals surface area contributed by atoms with Gasteiger partial charge in [-0.2, -0.15) is 18.2 Å². The van der Waals surface area contributed by atoms with Crippen molar-refractivity contribution in [2.24, 2.45) is 0 Å². The van der Waals surface area contributed by atoms with Gasteiger partial charge in [0.1, 0.15) is 6.61 Å². The first kappa shape index (κ1) is 19.7. The summed E-state index contributed by atoms with van der Waals surface area (Å²) in [5, 5.41) is 3.17. The Morgan fingerprint density at radius 1 is 1.21 bits per heavy atom. The van der Waals surface area contributed by atoms with Gasteiger partial charge in [-0.05, 0) is 37.5 Å². The van der Waals surface area contributed by atoms with Gasteiger partial charge in [-0.1, -0.05) is 0 Å². The molecule has 3 atom stereocenters. The second kappa shape index (κ2) is 7.66. The molecule has 1 fully saturated rings. The van der Waals surface area contributed by atoms with Crippen molar-refractivity contribution in [3.8, 4) is 5.75 Å². The number of pyridine rings is 1. The maximum atomic E-state index is 13.2. The van der Waals surface area contributed by atoms with E-state index in [1.54, 1.807) is 6.20 Å². The van der Waals surface area contributed by atoms with E-state index in [9.17, 15) is 13.2 Å². The molecular formula is C19H22F3N5O2. The van der Waals surface area contributed by atoms with Crippen LogP contribution in [-0.4, -0.2) is 53.5 Å². The first-order valence-corrected chi connectivity index (χ1v) is 9.41. The molecular weight excluding hydrogens is 387 g/mol. The number of aryl methyl sites for hydroxylation is 1. The molecule has 1 N–H and O–H groups in total. The van der Waals surface area contributed by atoms with Crippen molar-refractivity contribution in [3.05, 3.63) is 35.8 Å². The van der Waals surface area contributed by atoms with Crippen LogP contribution in [-0.2, 0) is 4.74 Å². The fourth-order valence-corrected chi connectivity index (χ4v) is 3.61. The second-order valence-electron chi connectivity index (χ2n) is 7.33. The topological polar surface area (TPSA) is 72.4 Å². The molecule has 0 bridgehead atoms. The molecule has 2 aliphatic rings. The van der Waals surface area contributed by atoms with Crippen LogP contribution in [0.3, 0.4) is 0 Å². The van der Waals surface area contributed by atoms with Crippen LogP contribution in [0.15, 0.2) is 24.5 Å². The number of anilines is 2. The lowest BCUT2D eigenvalue weighted by atomic mass is 9.99. The van der Waals surface area contributed by atoms with Gasteiger partial charge in [-0.15, -0.1) is 0 Å². The Bertz CT molecular complexity index is 871. The normalized spacial score (nSPS) is 24.6. The zero-order valence-electron chi connectivity index (χ0n) is 16.1. The van der Waals surface area contributed by atoms with Crippen molar-refractivity contribution >= 4 is 11.8 Å². The number of hydrogen-bond acceptors (Lipinski definition) is 7. The molecule has 0 spiro atoms. The number of hydrogen-bond donors (Lipinski definition) is 1. The van der Waals surface area contributed by atoms with Crippen LogP contribution in [0.4, 0.5) is 24.9 Å². The minimum atomic E-state index is -4.40. The highest BCUT2D eigenvalue weighted by Crippen LogP contribution is 2.37. The molecule has 2 aromatic rings. The maximum Gasteiger partial charge on any atom is 0.412 e. The number of alkyl halides is 3. The van der Waals surface area contributed by atoms with Crippen molar-refractivity contribution in [3.63, 3.8) is 0 Å². The number of aromatic nitrogens is 3. The van der Waals surface area contributed by atoms with E-state index in [2.05, 4.69) is 20.3 Å². The third-order valence-electron chi connectivity index (χ3n) is 5.21. The molecule has 2 aliphatic heterocycles. The number of fused-ring (bicyclic) bond motifs is 1. The van der Waals surface area contributed by atoms with Crippen LogP contribution in [0, 0.1) is 6.92 Å². The van der Waals surface area contributed by atoms with Crippen LogP contribution in [0.25, 0.3) is 0 Å². The first-order valence-electron chi connectivity index (χ1n) is 9.41. The fourth-order valence-electron chi connectivity index (χ4n) is 3.61. The standard InChI is InChI=1S/C19H22F3N5O2/c1-11-7-12(5-6-23-11)14-4-3-13(9-28-14)25-18-24-8-15-17(26-18)27(2)16(10-29-15)19(20,21)22/h5-8,13-14,16H,3-4,9-10H2,1-2H3,(H,24,25,26)/t13-,14?,16?/m1/s1. The molecule has 1 saturated heterocycles. The highest BCUT2D eigenvalue weighted by molar-refractivity contribution is 5.56. The number of nitrogens with one attached hydrogen (secondary N) is 1. The SMILES string of the molecule is Cc1cc(C2CC[C@@H](Nc3ncc4c(n3)N(C)C(C(F)(F)F)CO4)CO2)ccn1. The van der Waals surface area contributed by atoms with Crippen molar-refractivity contribution in [2.75, 3.05) is 30.5 Å². The highest BCUT2D eigenvalue weighted by atomic mass is 19.4. The molecule has 0 aliphatic carbocycles. The smallest absolute Gasteiger partial charge is 0.412 e. The van der Waals surface area contributed by atoms with Gasteiger partial charge in [0, 0.05) is 18.9 Å². The van der Waals surface area contributed by atoms with Crippen LogP contribution < -0.4 is 15.0 Å². The third kappa shape index (κ3) is 4.21. The Balaban J connectivity index is 1.41. The lowest BCUT2D eigenvalue weighted by molar-refractivity contribution is -0.155. The van der Waals surface area contributed by atoms with Gasteiger partial charge in [0.15, 0.2) is 17.6 Å². The van der Waals surface area contributed by atoms with Gasteiger partial charge in [0.05, 0.1) is 24.9 Å². The lowest BCUT2D eigenvalue weighted by Gasteiger charge is -2.35. The predicted molar refractivity (Wildman–Crippen MR) is 100 cm³/mol. The van der Waals surface area contributed by atoms with E-state index in [4.69, 9.17) is 9.47 Å². The van der Waals surface area contributed by atoms with Crippen molar-refractivity contribution in [2.45, 2.75) is 44.1 Å². The van der Waals surface area contributed by atoms with E-state index >= 15 is 0 Å². The summed E-state index contributed by atoms with van der Waals surface area (Å²) >= 11 is 0. The second-order valence-corrected chi connectivity index (χ2v) is 7.33. The molecule has 29 heavy (non-hydrogen) atoms. The van der Waals surface area contributed by atoms with Crippen molar-refractivity contribution in [1.29, 1.82) is 0 Å². The molecule has 4 heterocycles. The first-order chi connectivity index (χ1) is 13.8. The average molecular weight is 409 g/mol. The van der Waals surface area contributed by atoms with Crippen LogP contribution >= 0.6 is 0 Å². The maximum absolute atomic E-state index is 13.2. The molecule has 2 unspecified atom stereocenters. The van der Waals surface area contributed by atoms with E-state index < -0.39 is 18.8 Å². The predicted octanol–water partition coefficient (Wildman–Crippen LogP) is 3.27. The van der Waals surface area contributed by atoms with Crippen LogP contribution in [0.5, 0.6) is 5.75 Å². The molecule has 2 aromatic heterocycles. The Labute approximate surface area is 166 Å². The number of likely N-dealkylation sites (N-methyl/N-ethyl adjacent to an activating group) is 1. The van der Waals surface area contributed by atoms with Gasteiger partial charge in [0.25, 0.3) is 0 Å². The van der Waals surface area contributed by atoms with Crippen LogP contribution in [0.1, 0.15) is 30.2 Å². The summed E-state index contributed by atoms with van der Waals surface area (Å²) in [6.45, 7) is 1.91. The van der Waals surface area contributed by atoms with Crippen molar-refractivity contribution in [1.82, 2.24) is 15.0 Å². The average Bonchev–Trinajstić information content (AvgIpc) is 2.68. The van der Waals surface area contributed by atoms with E-state index in [1.807, 2.05) is 19.1 Å². The molecule has 10 heteroatoms. The fraction of sp³-hybridized carbons (Fsp3) is 0.526. The Morgan fingerprint density at radius 3 is 2.72 bits per heavy atom. The number of halogens is 3. The zero-order chi connectivity index (χ0) is 20.6. The van der Waals surface area contributed by atoms with E-state index in [-0.39, 0.29) is 29.7 Å². The molecule has 7 nitrogen and oxygen atoms in total. The minimum absolute atomic E-state index is 0.00581. The lowest BCUT2D eigenvalue weighted by Crippen LogP contribution is -2.50. The van der Waals surface area contributed by atoms with Gasteiger partial charge >= 0.3 is 6.18 Å². The summed E-state index contributed by atoms with van der Waals surface area (Å²) in [6.07, 6.45) is 0.412.